The molecule has 0 amide bonds. The minimum atomic E-state index is -0.312. The normalized spacial score (nSPS) is 14.2. The zero-order valence-electron chi connectivity index (χ0n) is 18.8. The van der Waals surface area contributed by atoms with Gasteiger partial charge in [0.1, 0.15) is 30.2 Å². The smallest absolute Gasteiger partial charge is 0.230 e. The first-order valence-electron chi connectivity index (χ1n) is 11.5. The van der Waals surface area contributed by atoms with Crippen molar-refractivity contribution in [2.45, 2.75) is 38.8 Å². The Balaban J connectivity index is 1.32. The highest BCUT2D eigenvalue weighted by Crippen LogP contribution is 2.40. The molecule has 7 rings (SSSR count). The van der Waals surface area contributed by atoms with Crippen LogP contribution in [-0.2, 0) is 13.2 Å². The Kier molecular flexibility index (Phi) is 4.35. The summed E-state index contributed by atoms with van der Waals surface area (Å²) < 4.78 is 28.7. The zero-order chi connectivity index (χ0) is 23.5. The van der Waals surface area contributed by atoms with Crippen LogP contribution in [0.3, 0.4) is 0 Å². The first-order chi connectivity index (χ1) is 17.1. The monoisotopic (exact) mass is 469 g/mol. The van der Waals surface area contributed by atoms with E-state index in [-0.39, 0.29) is 12.4 Å². The number of nitrogens with zero attached hydrogens (tertiary/aromatic N) is 7. The van der Waals surface area contributed by atoms with Crippen LogP contribution in [0.2, 0.25) is 0 Å². The Morgan fingerprint density at radius 2 is 1.97 bits per heavy atom. The van der Waals surface area contributed by atoms with Gasteiger partial charge in [0.25, 0.3) is 0 Å². The van der Waals surface area contributed by atoms with Gasteiger partial charge in [-0.1, -0.05) is 16.8 Å². The number of benzene rings is 2. The summed E-state index contributed by atoms with van der Waals surface area (Å²) in [6, 6.07) is 12.1. The van der Waals surface area contributed by atoms with Crippen LogP contribution in [0.15, 0.2) is 53.3 Å². The van der Waals surface area contributed by atoms with Crippen molar-refractivity contribution in [2.75, 3.05) is 0 Å². The second kappa shape index (κ2) is 7.59. The van der Waals surface area contributed by atoms with Gasteiger partial charge in [0.2, 0.25) is 11.7 Å². The molecule has 174 valence electrons. The predicted molar refractivity (Wildman–Crippen MR) is 122 cm³/mol. The Bertz CT molecular complexity index is 1560. The van der Waals surface area contributed by atoms with Gasteiger partial charge in [0, 0.05) is 11.5 Å². The number of hydrogen-bond donors (Lipinski definition) is 0. The van der Waals surface area contributed by atoms with E-state index in [1.807, 2.05) is 11.5 Å². The highest BCUT2D eigenvalue weighted by Gasteiger charge is 2.32. The number of fused-ring (bicyclic) bond motifs is 5. The van der Waals surface area contributed by atoms with Crippen LogP contribution < -0.4 is 4.74 Å². The molecule has 10 heteroatoms. The summed E-state index contributed by atoms with van der Waals surface area (Å²) in [5.41, 5.74) is 4.57. The topological polar surface area (TPSA) is 96.7 Å². The SMILES string of the molecule is Cc1ccc2c(c1)-c1nnc(COc3ccc(F)cc3)n1Cc1c(-c3noc(C4CC4)n3)ncn1-2. The second-order valence-electron chi connectivity index (χ2n) is 8.93. The third-order valence-electron chi connectivity index (χ3n) is 6.42. The van der Waals surface area contributed by atoms with E-state index in [4.69, 9.17) is 9.26 Å². The highest BCUT2D eigenvalue weighted by atomic mass is 19.1. The number of rotatable bonds is 5. The maximum atomic E-state index is 13.3. The van der Waals surface area contributed by atoms with Gasteiger partial charge in [-0.05, 0) is 56.2 Å². The fraction of sp³-hybridized carbons (Fsp3) is 0.240. The molecule has 0 radical (unpaired) electrons. The molecule has 5 aromatic rings. The molecule has 1 saturated carbocycles. The summed E-state index contributed by atoms with van der Waals surface area (Å²) in [6.45, 7) is 2.67. The summed E-state index contributed by atoms with van der Waals surface area (Å²) >= 11 is 0. The molecule has 0 bridgehead atoms. The lowest BCUT2D eigenvalue weighted by Gasteiger charge is -2.10. The molecule has 1 fully saturated rings. The molecule has 0 saturated heterocycles. The number of ether oxygens (including phenoxy) is 1. The van der Waals surface area contributed by atoms with E-state index < -0.39 is 0 Å². The lowest BCUT2D eigenvalue weighted by atomic mass is 10.1. The molecule has 0 atom stereocenters. The van der Waals surface area contributed by atoms with Crippen LogP contribution in [0, 0.1) is 12.7 Å². The van der Waals surface area contributed by atoms with E-state index in [1.165, 1.54) is 12.1 Å². The lowest BCUT2D eigenvalue weighted by Crippen LogP contribution is -2.10. The summed E-state index contributed by atoms with van der Waals surface area (Å²) in [6.07, 6.45) is 3.95. The average molecular weight is 469 g/mol. The largest absolute Gasteiger partial charge is 0.486 e. The third kappa shape index (κ3) is 3.40. The van der Waals surface area contributed by atoms with Crippen molar-refractivity contribution < 1.29 is 13.7 Å². The molecule has 2 aromatic carbocycles. The van der Waals surface area contributed by atoms with Gasteiger partial charge in [0.15, 0.2) is 11.6 Å². The fourth-order valence-corrected chi connectivity index (χ4v) is 4.42. The Hall–Kier alpha value is -4.34. The van der Waals surface area contributed by atoms with Crippen LogP contribution in [0.4, 0.5) is 4.39 Å². The predicted octanol–water partition coefficient (Wildman–Crippen LogP) is 4.45. The summed E-state index contributed by atoms with van der Waals surface area (Å²) in [4.78, 5) is 9.29. The Labute approximate surface area is 199 Å². The average Bonchev–Trinajstić information content (AvgIpc) is 3.30. The molecule has 1 aliphatic carbocycles. The maximum absolute atomic E-state index is 13.3. The molecule has 0 N–H and O–H groups in total. The molecule has 4 heterocycles. The van der Waals surface area contributed by atoms with Gasteiger partial charge < -0.3 is 13.8 Å². The Morgan fingerprint density at radius 3 is 2.80 bits per heavy atom. The number of hydrogen-bond acceptors (Lipinski definition) is 7. The van der Waals surface area contributed by atoms with Crippen molar-refractivity contribution in [3.63, 3.8) is 0 Å². The van der Waals surface area contributed by atoms with Crippen molar-refractivity contribution in [2.24, 2.45) is 0 Å². The van der Waals surface area contributed by atoms with Crippen molar-refractivity contribution in [3.8, 4) is 34.3 Å². The van der Waals surface area contributed by atoms with Crippen LogP contribution >= 0.6 is 0 Å². The number of aryl methyl sites for hydroxylation is 1. The molecule has 0 spiro atoms. The van der Waals surface area contributed by atoms with Gasteiger partial charge in [-0.2, -0.15) is 4.98 Å². The number of imidazole rings is 1. The second-order valence-corrected chi connectivity index (χ2v) is 8.93. The standard InChI is InChI=1S/C25H20FN7O2/c1-14-2-9-19-18(10-14)24-30-29-21(12-34-17-7-5-16(26)6-8-17)32(24)11-20-22(27-13-33(19)20)23-28-25(35-31-23)15-3-4-15/h2,5-10,13,15H,3-4,11-12H2,1H3. The minimum Gasteiger partial charge on any atom is -0.486 e. The Morgan fingerprint density at radius 1 is 1.11 bits per heavy atom. The maximum Gasteiger partial charge on any atom is 0.230 e. The molecule has 0 unspecified atom stereocenters. The van der Waals surface area contributed by atoms with Crippen LogP contribution in [0.5, 0.6) is 5.75 Å². The van der Waals surface area contributed by atoms with Crippen molar-refractivity contribution in [1.82, 2.24) is 34.5 Å². The van der Waals surface area contributed by atoms with E-state index in [0.29, 0.717) is 41.4 Å². The summed E-state index contributed by atoms with van der Waals surface area (Å²) in [5, 5.41) is 13.2. The van der Waals surface area contributed by atoms with Crippen LogP contribution in [0.25, 0.3) is 28.6 Å². The van der Waals surface area contributed by atoms with Gasteiger partial charge >= 0.3 is 0 Å². The van der Waals surface area contributed by atoms with Crippen molar-refractivity contribution in [1.29, 1.82) is 0 Å². The van der Waals surface area contributed by atoms with E-state index >= 15 is 0 Å². The van der Waals surface area contributed by atoms with Crippen molar-refractivity contribution in [3.05, 3.63) is 77.6 Å². The highest BCUT2D eigenvalue weighted by molar-refractivity contribution is 5.71. The van der Waals surface area contributed by atoms with E-state index in [9.17, 15) is 4.39 Å². The fourth-order valence-electron chi connectivity index (χ4n) is 4.42. The molecular weight excluding hydrogens is 449 g/mol. The summed E-state index contributed by atoms with van der Waals surface area (Å²) in [5.74, 6) is 3.14. The molecule has 1 aliphatic heterocycles. The van der Waals surface area contributed by atoms with E-state index in [0.717, 1.165) is 41.2 Å². The molecule has 35 heavy (non-hydrogen) atoms. The lowest BCUT2D eigenvalue weighted by molar-refractivity contribution is 0.289. The van der Waals surface area contributed by atoms with Gasteiger partial charge in [-0.15, -0.1) is 10.2 Å². The first-order valence-corrected chi connectivity index (χ1v) is 11.5. The first kappa shape index (κ1) is 20.1. The molecule has 3 aromatic heterocycles. The van der Waals surface area contributed by atoms with E-state index in [2.05, 4.69) is 48.1 Å². The zero-order valence-corrected chi connectivity index (χ0v) is 18.8. The third-order valence-corrected chi connectivity index (χ3v) is 6.42. The van der Waals surface area contributed by atoms with Crippen LogP contribution in [-0.4, -0.2) is 34.5 Å². The van der Waals surface area contributed by atoms with Crippen LogP contribution in [0.1, 0.15) is 41.7 Å². The minimum absolute atomic E-state index is 0.178. The van der Waals surface area contributed by atoms with Gasteiger partial charge in [0.05, 0.1) is 17.9 Å². The van der Waals surface area contributed by atoms with E-state index in [1.54, 1.807) is 18.5 Å². The van der Waals surface area contributed by atoms with Crippen molar-refractivity contribution >= 4 is 0 Å². The number of aromatic nitrogens is 7. The molecular formula is C25H20FN7O2. The molecule has 9 nitrogen and oxygen atoms in total. The quantitative estimate of drug-likeness (QED) is 0.368. The number of halogens is 1. The summed E-state index contributed by atoms with van der Waals surface area (Å²) in [7, 11) is 0. The van der Waals surface area contributed by atoms with Gasteiger partial charge in [-0.25, -0.2) is 9.37 Å². The molecule has 2 aliphatic rings. The van der Waals surface area contributed by atoms with Gasteiger partial charge in [-0.3, -0.25) is 4.57 Å².